The molecule has 0 fully saturated rings. The Balaban J connectivity index is 1.39. The molecule has 0 amide bonds. The third-order valence-corrected chi connectivity index (χ3v) is 7.25. The van der Waals surface area contributed by atoms with Gasteiger partial charge in [0.1, 0.15) is 0 Å². The van der Waals surface area contributed by atoms with E-state index >= 15 is 0 Å². The molecule has 3 aromatic carbocycles. The van der Waals surface area contributed by atoms with Gasteiger partial charge in [0.05, 0.1) is 33.9 Å². The van der Waals surface area contributed by atoms with Gasteiger partial charge in [-0.25, -0.2) is 9.36 Å². The summed E-state index contributed by atoms with van der Waals surface area (Å²) in [5.74, 6) is 0. The van der Waals surface area contributed by atoms with Crippen molar-refractivity contribution in [3.05, 3.63) is 126 Å². The first-order valence-corrected chi connectivity index (χ1v) is 13.1. The number of aromatic amines is 2. The molecule has 8 heteroatoms. The van der Waals surface area contributed by atoms with Crippen LogP contribution in [0.5, 0.6) is 0 Å². The van der Waals surface area contributed by atoms with Crippen LogP contribution in [-0.4, -0.2) is 32.0 Å². The van der Waals surface area contributed by atoms with E-state index in [1.807, 2.05) is 96.1 Å². The highest BCUT2D eigenvalue weighted by Gasteiger charge is 2.13. The quantitative estimate of drug-likeness (QED) is 0.262. The average Bonchev–Trinajstić information content (AvgIpc) is 3.38. The molecule has 2 aromatic heterocycles. The molecule has 8 nitrogen and oxygen atoms in total. The summed E-state index contributed by atoms with van der Waals surface area (Å²) in [6.07, 6.45) is 3.15. The fraction of sp³-hybridized carbons (Fsp3) is 0.188. The van der Waals surface area contributed by atoms with E-state index in [1.165, 1.54) is 20.5 Å². The molecule has 0 aliphatic carbocycles. The lowest BCUT2D eigenvalue weighted by Crippen LogP contribution is -2.17. The molecule has 0 saturated carbocycles. The summed E-state index contributed by atoms with van der Waals surface area (Å²) in [7, 11) is 0. The van der Waals surface area contributed by atoms with Crippen LogP contribution in [0.15, 0.2) is 80.2 Å². The Morgan fingerprint density at radius 3 is 1.40 bits per heavy atom. The van der Waals surface area contributed by atoms with E-state index in [4.69, 9.17) is 0 Å². The number of aromatic nitrogens is 4. The van der Waals surface area contributed by atoms with E-state index in [0.29, 0.717) is 22.5 Å². The van der Waals surface area contributed by atoms with Crippen LogP contribution in [0, 0.1) is 41.5 Å². The molecule has 5 rings (SSSR count). The molecule has 5 aromatic rings. The van der Waals surface area contributed by atoms with Gasteiger partial charge in [-0.1, -0.05) is 18.2 Å². The van der Waals surface area contributed by atoms with Crippen LogP contribution < -0.4 is 11.1 Å². The molecular weight excluding hydrogens is 500 g/mol. The van der Waals surface area contributed by atoms with Crippen molar-refractivity contribution in [3.8, 4) is 11.4 Å². The van der Waals surface area contributed by atoms with Gasteiger partial charge in [0, 0.05) is 23.8 Å². The minimum Gasteiger partial charge on any atom is -0.295 e. The first kappa shape index (κ1) is 26.6. The number of rotatable bonds is 6. The lowest BCUT2D eigenvalue weighted by molar-refractivity contribution is 0.833. The van der Waals surface area contributed by atoms with Crippen LogP contribution in [0.3, 0.4) is 0 Å². The third kappa shape index (κ3) is 5.16. The molecule has 0 bridgehead atoms. The Labute approximate surface area is 232 Å². The van der Waals surface area contributed by atoms with E-state index in [0.717, 1.165) is 33.9 Å². The van der Waals surface area contributed by atoms with Crippen molar-refractivity contribution in [2.45, 2.75) is 41.5 Å². The normalized spacial score (nSPS) is 11.8. The first-order chi connectivity index (χ1) is 19.1. The van der Waals surface area contributed by atoms with E-state index in [9.17, 15) is 9.59 Å². The summed E-state index contributed by atoms with van der Waals surface area (Å²) in [4.78, 5) is 35.3. The summed E-state index contributed by atoms with van der Waals surface area (Å²) in [5.41, 5.74) is 9.52. The molecular formula is C32H32N6O2. The molecule has 0 saturated heterocycles. The number of aryl methyl sites for hydroxylation is 6. The fourth-order valence-electron chi connectivity index (χ4n) is 4.45. The number of nitrogens with zero attached hydrogens (tertiary/aromatic N) is 4. The molecule has 0 atom stereocenters. The second-order valence-electron chi connectivity index (χ2n) is 10.2. The SMILES string of the molecule is Cc1ccc(-n2[nH]c(C)c(C=Nc3cccc(N=Cc4c(C)[nH]n(-c5ccc(C)c(C)c5)c4=O)c3)c2=O)cc1C. The first-order valence-electron chi connectivity index (χ1n) is 13.1. The lowest BCUT2D eigenvalue weighted by Gasteiger charge is -2.05. The summed E-state index contributed by atoms with van der Waals surface area (Å²) in [6, 6.07) is 19.1. The predicted molar refractivity (Wildman–Crippen MR) is 162 cm³/mol. The fourth-order valence-corrected chi connectivity index (χ4v) is 4.45. The topological polar surface area (TPSA) is 100 Å². The Kier molecular flexibility index (Phi) is 7.09. The summed E-state index contributed by atoms with van der Waals surface area (Å²) >= 11 is 0. The smallest absolute Gasteiger partial charge is 0.280 e. The van der Waals surface area contributed by atoms with Gasteiger partial charge in [0.2, 0.25) is 0 Å². The Morgan fingerprint density at radius 2 is 1.00 bits per heavy atom. The van der Waals surface area contributed by atoms with Gasteiger partial charge in [-0.15, -0.1) is 0 Å². The highest BCUT2D eigenvalue weighted by atomic mass is 16.1. The molecule has 2 heterocycles. The number of hydrogen-bond donors (Lipinski definition) is 2. The highest BCUT2D eigenvalue weighted by molar-refractivity contribution is 5.85. The molecule has 0 aliphatic rings. The molecule has 0 spiro atoms. The second kappa shape index (κ2) is 10.6. The standard InChI is InChI=1S/C32H32N6O2/c1-19-10-12-27(14-21(19)3)37-31(39)29(23(5)35-37)17-33-25-8-7-9-26(16-25)34-18-30-24(6)36-38(32(30)40)28-13-11-20(2)22(4)15-28/h7-18,35-36H,1-6H3. The van der Waals surface area contributed by atoms with Gasteiger partial charge >= 0.3 is 0 Å². The maximum atomic E-state index is 13.1. The second-order valence-corrected chi connectivity index (χ2v) is 10.2. The van der Waals surface area contributed by atoms with Crippen LogP contribution >= 0.6 is 0 Å². The van der Waals surface area contributed by atoms with Crippen molar-refractivity contribution in [2.24, 2.45) is 9.98 Å². The van der Waals surface area contributed by atoms with Gasteiger partial charge in [-0.2, -0.15) is 0 Å². The van der Waals surface area contributed by atoms with E-state index in [-0.39, 0.29) is 11.1 Å². The lowest BCUT2D eigenvalue weighted by atomic mass is 10.1. The molecule has 40 heavy (non-hydrogen) atoms. The van der Waals surface area contributed by atoms with Crippen molar-refractivity contribution < 1.29 is 0 Å². The van der Waals surface area contributed by atoms with E-state index < -0.39 is 0 Å². The van der Waals surface area contributed by atoms with Crippen molar-refractivity contribution >= 4 is 23.8 Å². The molecule has 2 N–H and O–H groups in total. The maximum Gasteiger partial charge on any atom is 0.280 e. The highest BCUT2D eigenvalue weighted by Crippen LogP contribution is 2.21. The van der Waals surface area contributed by atoms with Crippen LogP contribution in [0.25, 0.3) is 11.4 Å². The minimum atomic E-state index is -0.165. The Hall–Kier alpha value is -4.98. The number of benzene rings is 3. The van der Waals surface area contributed by atoms with Crippen LogP contribution in [-0.2, 0) is 0 Å². The molecule has 202 valence electrons. The number of hydrogen-bond acceptors (Lipinski definition) is 4. The number of aliphatic imine (C=N–C) groups is 2. The van der Waals surface area contributed by atoms with Gasteiger partial charge in [0.15, 0.2) is 0 Å². The summed E-state index contributed by atoms with van der Waals surface area (Å²) in [6.45, 7) is 11.8. The van der Waals surface area contributed by atoms with Crippen LogP contribution in [0.1, 0.15) is 44.8 Å². The van der Waals surface area contributed by atoms with Crippen LogP contribution in [0.4, 0.5) is 11.4 Å². The van der Waals surface area contributed by atoms with Crippen molar-refractivity contribution in [2.75, 3.05) is 0 Å². The van der Waals surface area contributed by atoms with Gasteiger partial charge in [-0.05, 0) is 106 Å². The monoisotopic (exact) mass is 532 g/mol. The van der Waals surface area contributed by atoms with Gasteiger partial charge in [-0.3, -0.25) is 29.8 Å². The van der Waals surface area contributed by atoms with Crippen LogP contribution in [0.2, 0.25) is 0 Å². The predicted octanol–water partition coefficient (Wildman–Crippen LogP) is 6.00. The number of nitrogens with one attached hydrogen (secondary N) is 2. The average molecular weight is 533 g/mol. The zero-order valence-corrected chi connectivity index (χ0v) is 23.5. The van der Waals surface area contributed by atoms with Crippen molar-refractivity contribution in [3.63, 3.8) is 0 Å². The molecule has 0 radical (unpaired) electrons. The summed E-state index contributed by atoms with van der Waals surface area (Å²) < 4.78 is 3.07. The molecule has 0 unspecified atom stereocenters. The summed E-state index contributed by atoms with van der Waals surface area (Å²) in [5, 5.41) is 6.29. The number of H-pyrrole nitrogens is 2. The van der Waals surface area contributed by atoms with Crippen molar-refractivity contribution in [1.82, 2.24) is 19.6 Å². The minimum absolute atomic E-state index is 0.165. The molecule has 0 aliphatic heterocycles. The Morgan fingerprint density at radius 1 is 0.575 bits per heavy atom. The largest absolute Gasteiger partial charge is 0.295 e. The maximum absolute atomic E-state index is 13.1. The zero-order valence-electron chi connectivity index (χ0n) is 23.5. The van der Waals surface area contributed by atoms with Crippen molar-refractivity contribution in [1.29, 1.82) is 0 Å². The van der Waals surface area contributed by atoms with E-state index in [2.05, 4.69) is 20.2 Å². The Bertz CT molecular complexity index is 1780. The third-order valence-electron chi connectivity index (χ3n) is 7.25. The zero-order chi connectivity index (χ0) is 28.6. The van der Waals surface area contributed by atoms with E-state index in [1.54, 1.807) is 18.5 Å². The van der Waals surface area contributed by atoms with Gasteiger partial charge < -0.3 is 0 Å². The van der Waals surface area contributed by atoms with Gasteiger partial charge in [0.25, 0.3) is 11.1 Å².